The van der Waals surface area contributed by atoms with E-state index in [2.05, 4.69) is 65.3 Å². The molecule has 0 amide bonds. The quantitative estimate of drug-likeness (QED) is 0.758. The van der Waals surface area contributed by atoms with Crippen molar-refractivity contribution in [2.24, 2.45) is 0 Å². The molecule has 1 heterocycles. The maximum Gasteiger partial charge on any atom is 0.0843 e. The summed E-state index contributed by atoms with van der Waals surface area (Å²) in [6.45, 7) is 3.32. The largest absolute Gasteiger partial charge is 0.390 e. The molecular formula is C19H22N2O. The number of nitrogens with zero attached hydrogens (tertiary/aromatic N) is 1. The molecule has 0 bridgehead atoms. The van der Waals surface area contributed by atoms with Gasteiger partial charge in [-0.1, -0.05) is 48.5 Å². The van der Waals surface area contributed by atoms with Crippen molar-refractivity contribution in [2.45, 2.75) is 19.6 Å². The van der Waals surface area contributed by atoms with Crippen molar-refractivity contribution >= 4 is 10.9 Å². The first-order chi connectivity index (χ1) is 10.7. The molecule has 3 heteroatoms. The lowest BCUT2D eigenvalue weighted by Crippen LogP contribution is -2.28. The molecule has 0 saturated heterocycles. The van der Waals surface area contributed by atoms with E-state index in [1.54, 1.807) is 0 Å². The summed E-state index contributed by atoms with van der Waals surface area (Å²) >= 11 is 0. The van der Waals surface area contributed by atoms with Crippen molar-refractivity contribution < 1.29 is 5.11 Å². The summed E-state index contributed by atoms with van der Waals surface area (Å²) in [5.41, 5.74) is 4.82. The Morgan fingerprint density at radius 1 is 1.05 bits per heavy atom. The van der Waals surface area contributed by atoms with E-state index < -0.39 is 6.10 Å². The van der Waals surface area contributed by atoms with Gasteiger partial charge in [0.2, 0.25) is 0 Å². The number of likely N-dealkylation sites (N-methyl/N-ethyl adjacent to an activating group) is 1. The molecule has 0 spiro atoms. The third-order valence-electron chi connectivity index (χ3n) is 4.10. The van der Waals surface area contributed by atoms with Crippen molar-refractivity contribution in [1.82, 2.24) is 9.88 Å². The van der Waals surface area contributed by atoms with Gasteiger partial charge in [0.1, 0.15) is 0 Å². The normalized spacial score (nSPS) is 12.7. The Morgan fingerprint density at radius 3 is 2.45 bits per heavy atom. The van der Waals surface area contributed by atoms with Crippen molar-refractivity contribution in [3.8, 4) is 11.3 Å². The van der Waals surface area contributed by atoms with Gasteiger partial charge in [0.05, 0.1) is 18.3 Å². The highest BCUT2D eigenvalue weighted by Crippen LogP contribution is 2.33. The van der Waals surface area contributed by atoms with Gasteiger partial charge in [0, 0.05) is 17.4 Å². The molecular weight excluding hydrogens is 272 g/mol. The van der Waals surface area contributed by atoms with Crippen LogP contribution in [0.5, 0.6) is 0 Å². The minimum absolute atomic E-state index is 0.414. The molecule has 2 N–H and O–H groups in total. The van der Waals surface area contributed by atoms with Crippen LogP contribution < -0.4 is 5.32 Å². The van der Waals surface area contributed by atoms with Crippen LogP contribution in [0.2, 0.25) is 0 Å². The highest BCUT2D eigenvalue weighted by molar-refractivity contribution is 5.91. The van der Waals surface area contributed by atoms with Gasteiger partial charge < -0.3 is 15.0 Å². The van der Waals surface area contributed by atoms with Gasteiger partial charge in [0.25, 0.3) is 0 Å². The van der Waals surface area contributed by atoms with Crippen LogP contribution in [0, 0.1) is 6.92 Å². The number of aromatic nitrogens is 1. The maximum atomic E-state index is 10.3. The second-order valence-electron chi connectivity index (χ2n) is 5.68. The number of para-hydroxylation sites is 1. The number of nitrogens with one attached hydrogen (secondary N) is 1. The van der Waals surface area contributed by atoms with Crippen LogP contribution in [-0.2, 0) is 6.54 Å². The third-order valence-corrected chi connectivity index (χ3v) is 4.10. The SMILES string of the molecule is CNCC(O)Cn1c(-c2ccccc2)c(C)c2ccccc21. The first-order valence-corrected chi connectivity index (χ1v) is 7.68. The Bertz CT molecular complexity index is 762. The van der Waals surface area contributed by atoms with Gasteiger partial charge in [0.15, 0.2) is 0 Å². The summed E-state index contributed by atoms with van der Waals surface area (Å²) in [5.74, 6) is 0. The summed E-state index contributed by atoms with van der Waals surface area (Å²) in [7, 11) is 1.86. The number of fused-ring (bicyclic) bond motifs is 1. The van der Waals surface area contributed by atoms with Crippen molar-refractivity contribution in [2.75, 3.05) is 13.6 Å². The number of hydrogen-bond donors (Lipinski definition) is 2. The van der Waals surface area contributed by atoms with Crippen LogP contribution >= 0.6 is 0 Å². The Labute approximate surface area is 131 Å². The Kier molecular flexibility index (Phi) is 4.27. The number of rotatable bonds is 5. The number of hydrogen-bond acceptors (Lipinski definition) is 2. The van der Waals surface area contributed by atoms with E-state index in [0.29, 0.717) is 13.1 Å². The van der Waals surface area contributed by atoms with Crippen LogP contribution in [0.25, 0.3) is 22.2 Å². The van der Waals surface area contributed by atoms with E-state index in [0.717, 1.165) is 0 Å². The lowest BCUT2D eigenvalue weighted by atomic mass is 10.1. The highest BCUT2D eigenvalue weighted by Gasteiger charge is 2.17. The lowest BCUT2D eigenvalue weighted by Gasteiger charge is -2.16. The number of aryl methyl sites for hydroxylation is 1. The molecule has 0 saturated carbocycles. The summed E-state index contributed by atoms with van der Waals surface area (Å²) in [6, 6.07) is 18.8. The Balaban J connectivity index is 2.19. The van der Waals surface area contributed by atoms with Crippen LogP contribution in [0.3, 0.4) is 0 Å². The second-order valence-corrected chi connectivity index (χ2v) is 5.68. The number of aliphatic hydroxyl groups is 1. The molecule has 0 fully saturated rings. The smallest absolute Gasteiger partial charge is 0.0843 e. The van der Waals surface area contributed by atoms with E-state index in [9.17, 15) is 5.11 Å². The van der Waals surface area contributed by atoms with Crippen molar-refractivity contribution in [3.05, 3.63) is 60.2 Å². The van der Waals surface area contributed by atoms with Crippen LogP contribution in [-0.4, -0.2) is 29.4 Å². The van der Waals surface area contributed by atoms with Gasteiger partial charge in [-0.25, -0.2) is 0 Å². The van der Waals surface area contributed by atoms with Gasteiger partial charge >= 0.3 is 0 Å². The zero-order valence-corrected chi connectivity index (χ0v) is 13.1. The zero-order valence-electron chi connectivity index (χ0n) is 13.1. The molecule has 1 unspecified atom stereocenters. The molecule has 0 aliphatic carbocycles. The predicted molar refractivity (Wildman–Crippen MR) is 92.0 cm³/mol. The second kappa shape index (κ2) is 6.34. The number of benzene rings is 2. The average molecular weight is 294 g/mol. The minimum atomic E-state index is -0.414. The minimum Gasteiger partial charge on any atom is -0.390 e. The standard InChI is InChI=1S/C19H22N2O/c1-14-17-10-6-7-11-18(17)21(13-16(22)12-20-2)19(14)15-8-4-3-5-9-15/h3-11,16,20,22H,12-13H2,1-2H3. The summed E-state index contributed by atoms with van der Waals surface area (Å²) < 4.78 is 2.24. The average Bonchev–Trinajstić information content (AvgIpc) is 2.81. The summed E-state index contributed by atoms with van der Waals surface area (Å²) in [6.07, 6.45) is -0.414. The molecule has 3 nitrogen and oxygen atoms in total. The van der Waals surface area contributed by atoms with E-state index in [1.807, 2.05) is 13.1 Å². The maximum absolute atomic E-state index is 10.3. The highest BCUT2D eigenvalue weighted by atomic mass is 16.3. The molecule has 114 valence electrons. The molecule has 1 aromatic heterocycles. The summed E-state index contributed by atoms with van der Waals surface area (Å²) in [4.78, 5) is 0. The fourth-order valence-electron chi connectivity index (χ4n) is 3.15. The molecule has 22 heavy (non-hydrogen) atoms. The van der Waals surface area contributed by atoms with Gasteiger partial charge in [-0.05, 0) is 31.2 Å². The lowest BCUT2D eigenvalue weighted by molar-refractivity contribution is 0.156. The van der Waals surface area contributed by atoms with Gasteiger partial charge in [-0.2, -0.15) is 0 Å². The van der Waals surface area contributed by atoms with Crippen molar-refractivity contribution in [1.29, 1.82) is 0 Å². The molecule has 0 radical (unpaired) electrons. The molecule has 2 aromatic carbocycles. The molecule has 0 aliphatic heterocycles. The van der Waals surface area contributed by atoms with Crippen LogP contribution in [0.1, 0.15) is 5.56 Å². The van der Waals surface area contributed by atoms with E-state index in [-0.39, 0.29) is 0 Å². The van der Waals surface area contributed by atoms with Gasteiger partial charge in [-0.15, -0.1) is 0 Å². The molecule has 0 aliphatic rings. The number of aliphatic hydroxyl groups excluding tert-OH is 1. The Hall–Kier alpha value is -2.10. The van der Waals surface area contributed by atoms with Gasteiger partial charge in [-0.3, -0.25) is 0 Å². The van der Waals surface area contributed by atoms with E-state index in [4.69, 9.17) is 0 Å². The monoisotopic (exact) mass is 294 g/mol. The molecule has 1 atom stereocenters. The van der Waals surface area contributed by atoms with E-state index in [1.165, 1.54) is 27.7 Å². The summed E-state index contributed by atoms with van der Waals surface area (Å²) in [5, 5.41) is 14.5. The van der Waals surface area contributed by atoms with Crippen LogP contribution in [0.15, 0.2) is 54.6 Å². The fourth-order valence-corrected chi connectivity index (χ4v) is 3.15. The van der Waals surface area contributed by atoms with Crippen LogP contribution in [0.4, 0.5) is 0 Å². The third kappa shape index (κ3) is 2.65. The molecule has 3 rings (SSSR count). The zero-order chi connectivity index (χ0) is 15.5. The fraction of sp³-hybridized carbons (Fsp3) is 0.263. The topological polar surface area (TPSA) is 37.2 Å². The Morgan fingerprint density at radius 2 is 1.73 bits per heavy atom. The van der Waals surface area contributed by atoms with Crippen molar-refractivity contribution in [3.63, 3.8) is 0 Å². The molecule has 3 aromatic rings. The van der Waals surface area contributed by atoms with E-state index >= 15 is 0 Å². The first kappa shape index (κ1) is 14.8. The predicted octanol–water partition coefficient (Wildman–Crippen LogP) is 3.20. The first-order valence-electron chi connectivity index (χ1n) is 7.68.